The van der Waals surface area contributed by atoms with Crippen molar-refractivity contribution >= 4 is 0 Å². The van der Waals surface area contributed by atoms with E-state index in [1.54, 1.807) is 7.11 Å². The fourth-order valence-electron chi connectivity index (χ4n) is 0.615. The summed E-state index contributed by atoms with van der Waals surface area (Å²) < 4.78 is 16.5. The first-order valence-electron chi connectivity index (χ1n) is 3.60. The molecule has 0 aromatic rings. The van der Waals surface area contributed by atoms with E-state index in [1.165, 1.54) is 0 Å². The summed E-state index contributed by atoms with van der Waals surface area (Å²) in [5.41, 5.74) is 0. The van der Waals surface area contributed by atoms with Crippen molar-refractivity contribution in [2.75, 3.05) is 26.9 Å². The van der Waals surface area contributed by atoms with E-state index < -0.39 is 0 Å². The third-order valence-electron chi connectivity index (χ3n) is 1.40. The summed E-state index contributed by atoms with van der Waals surface area (Å²) in [6, 6.07) is 0. The largest absolute Gasteiger partial charge is 0.382 e. The molecule has 0 fully saturated rings. The lowest BCUT2D eigenvalue weighted by molar-refractivity contribution is 0.111. The molecule has 0 radical (unpaired) electrons. The van der Waals surface area contributed by atoms with Crippen molar-refractivity contribution < 1.29 is 9.13 Å². The molecule has 0 saturated carbocycles. The van der Waals surface area contributed by atoms with Crippen LogP contribution in [0.3, 0.4) is 0 Å². The smallest absolute Gasteiger partial charge is 0.102 e. The Morgan fingerprint density at radius 3 is 2.70 bits per heavy atom. The maximum absolute atomic E-state index is 11.5. The Morgan fingerprint density at radius 2 is 2.20 bits per heavy atom. The number of ether oxygens (including phenoxy) is 1. The lowest BCUT2D eigenvalue weighted by atomic mass is 10.3. The average Bonchev–Trinajstić information content (AvgIpc) is 1.98. The zero-order chi connectivity index (χ0) is 7.82. The van der Waals surface area contributed by atoms with Crippen LogP contribution in [0.15, 0.2) is 0 Å². The third-order valence-corrected chi connectivity index (χ3v) is 1.40. The van der Waals surface area contributed by atoms with E-state index >= 15 is 0 Å². The quantitative estimate of drug-likeness (QED) is 0.568. The molecule has 0 aliphatic heterocycles. The zero-order valence-electron chi connectivity index (χ0n) is 6.69. The topological polar surface area (TPSA) is 21.3 Å². The maximum atomic E-state index is 11.5. The average molecular weight is 149 g/mol. The predicted octanol–water partition coefficient (Wildman–Crippen LogP) is 0.970. The number of rotatable bonds is 6. The molecule has 0 aliphatic carbocycles. The summed E-state index contributed by atoms with van der Waals surface area (Å²) in [5, 5.41) is 2.95. The van der Waals surface area contributed by atoms with Crippen LogP contribution in [0.4, 0.5) is 4.39 Å². The molecule has 3 heteroatoms. The Balaban J connectivity index is 2.89. The van der Waals surface area contributed by atoms with Gasteiger partial charge in [-0.15, -0.1) is 0 Å². The van der Waals surface area contributed by atoms with Crippen LogP contribution in [-0.4, -0.2) is 33.0 Å². The number of hydrogen-bond acceptors (Lipinski definition) is 2. The van der Waals surface area contributed by atoms with Gasteiger partial charge in [-0.2, -0.15) is 0 Å². The minimum Gasteiger partial charge on any atom is -0.382 e. The predicted molar refractivity (Wildman–Crippen MR) is 39.9 cm³/mol. The normalized spacial score (nSPS) is 13.5. The molecule has 0 heterocycles. The van der Waals surface area contributed by atoms with E-state index in [2.05, 4.69) is 5.32 Å². The molecule has 10 heavy (non-hydrogen) atoms. The minimum atomic E-state index is -0.290. The number of methoxy groups -OCH3 is 1. The molecule has 1 unspecified atom stereocenters. The van der Waals surface area contributed by atoms with Gasteiger partial charge in [-0.3, -0.25) is 0 Å². The summed E-state index contributed by atoms with van der Waals surface area (Å²) in [4.78, 5) is 0. The Bertz CT molecular complexity index is 70.6. The Kier molecular flexibility index (Phi) is 6.86. The van der Waals surface area contributed by atoms with Crippen LogP contribution >= 0.6 is 0 Å². The summed E-state index contributed by atoms with van der Waals surface area (Å²) in [7, 11) is 1.68. The van der Waals surface area contributed by atoms with Crippen LogP contribution in [-0.2, 0) is 4.74 Å². The first-order valence-corrected chi connectivity index (χ1v) is 3.60. The lowest BCUT2D eigenvalue weighted by Crippen LogP contribution is -2.21. The van der Waals surface area contributed by atoms with Gasteiger partial charge in [0.25, 0.3) is 0 Å². The van der Waals surface area contributed by atoms with Crippen molar-refractivity contribution in [3.63, 3.8) is 0 Å². The van der Waals surface area contributed by atoms with E-state index in [0.29, 0.717) is 6.54 Å². The van der Waals surface area contributed by atoms with E-state index in [-0.39, 0.29) is 12.8 Å². The second-order valence-corrected chi connectivity index (χ2v) is 2.27. The molecule has 62 valence electrons. The van der Waals surface area contributed by atoms with E-state index in [0.717, 1.165) is 13.0 Å². The molecule has 1 atom stereocenters. The highest BCUT2D eigenvalue weighted by atomic mass is 19.1. The third kappa shape index (κ3) is 5.98. The van der Waals surface area contributed by atoms with E-state index in [9.17, 15) is 4.39 Å². The summed E-state index contributed by atoms with van der Waals surface area (Å²) in [6.07, 6.45) is 1.21. The minimum absolute atomic E-state index is 0.270. The summed E-state index contributed by atoms with van der Waals surface area (Å²) in [5.74, 6) is 0. The van der Waals surface area contributed by atoms with Crippen molar-refractivity contribution in [1.82, 2.24) is 5.32 Å². The highest BCUT2D eigenvalue weighted by Crippen LogP contribution is 1.91. The molecule has 0 spiro atoms. The Labute approximate surface area is 61.8 Å². The number of alkyl halides is 1. The molecule has 2 nitrogen and oxygen atoms in total. The van der Waals surface area contributed by atoms with Crippen LogP contribution in [0, 0.1) is 0 Å². The van der Waals surface area contributed by atoms with Gasteiger partial charge >= 0.3 is 0 Å². The second kappa shape index (κ2) is 6.96. The Hall–Kier alpha value is -0.150. The molecule has 0 bridgehead atoms. The van der Waals surface area contributed by atoms with Gasteiger partial charge in [-0.05, 0) is 19.9 Å². The van der Waals surface area contributed by atoms with Crippen LogP contribution in [0.25, 0.3) is 0 Å². The highest BCUT2D eigenvalue weighted by molar-refractivity contribution is 4.52. The number of halogens is 1. The van der Waals surface area contributed by atoms with Gasteiger partial charge < -0.3 is 10.1 Å². The van der Waals surface area contributed by atoms with Crippen LogP contribution in [0.1, 0.15) is 13.3 Å². The molecule has 0 aromatic heterocycles. The molecule has 0 rings (SSSR count). The first kappa shape index (κ1) is 9.85. The van der Waals surface area contributed by atoms with Crippen molar-refractivity contribution in [2.45, 2.75) is 19.4 Å². The van der Waals surface area contributed by atoms with E-state index in [4.69, 9.17) is 4.74 Å². The molecule has 1 N–H and O–H groups in total. The fourth-order valence-corrected chi connectivity index (χ4v) is 0.615. The summed E-state index contributed by atoms with van der Waals surface area (Å²) >= 11 is 0. The standard InChI is InChI=1S/C7H16FNO/c1-7(10-2)3-5-9-6-4-8/h7,9H,3-6H2,1-2H3. The number of hydrogen-bond donors (Lipinski definition) is 1. The fraction of sp³-hybridized carbons (Fsp3) is 1.00. The van der Waals surface area contributed by atoms with Gasteiger partial charge in [0.1, 0.15) is 6.67 Å². The molecule has 0 aromatic carbocycles. The van der Waals surface area contributed by atoms with Crippen LogP contribution in [0.2, 0.25) is 0 Å². The summed E-state index contributed by atoms with van der Waals surface area (Å²) in [6.45, 7) is 2.99. The Morgan fingerprint density at radius 1 is 1.50 bits per heavy atom. The molecular formula is C7H16FNO. The second-order valence-electron chi connectivity index (χ2n) is 2.27. The molecule has 0 saturated heterocycles. The van der Waals surface area contributed by atoms with Crippen molar-refractivity contribution in [3.05, 3.63) is 0 Å². The van der Waals surface area contributed by atoms with Gasteiger partial charge in [-0.25, -0.2) is 4.39 Å². The zero-order valence-corrected chi connectivity index (χ0v) is 6.69. The first-order chi connectivity index (χ1) is 4.81. The van der Waals surface area contributed by atoms with Gasteiger partial charge in [0.15, 0.2) is 0 Å². The highest BCUT2D eigenvalue weighted by Gasteiger charge is 1.96. The SMILES string of the molecule is COC(C)CCNCCF. The van der Waals surface area contributed by atoms with Crippen LogP contribution in [0.5, 0.6) is 0 Å². The van der Waals surface area contributed by atoms with Gasteiger partial charge in [-0.1, -0.05) is 0 Å². The monoisotopic (exact) mass is 149 g/mol. The van der Waals surface area contributed by atoms with Gasteiger partial charge in [0.2, 0.25) is 0 Å². The van der Waals surface area contributed by atoms with Crippen molar-refractivity contribution in [1.29, 1.82) is 0 Å². The van der Waals surface area contributed by atoms with Crippen LogP contribution < -0.4 is 5.32 Å². The molecule has 0 aliphatic rings. The maximum Gasteiger partial charge on any atom is 0.102 e. The lowest BCUT2D eigenvalue weighted by Gasteiger charge is -2.08. The molecular weight excluding hydrogens is 133 g/mol. The molecule has 0 amide bonds. The number of nitrogens with one attached hydrogen (secondary N) is 1. The van der Waals surface area contributed by atoms with E-state index in [1.807, 2.05) is 6.92 Å². The van der Waals surface area contributed by atoms with Crippen molar-refractivity contribution in [3.8, 4) is 0 Å². The van der Waals surface area contributed by atoms with Gasteiger partial charge in [0, 0.05) is 13.7 Å². The van der Waals surface area contributed by atoms with Crippen molar-refractivity contribution in [2.24, 2.45) is 0 Å². The van der Waals surface area contributed by atoms with Gasteiger partial charge in [0.05, 0.1) is 6.10 Å².